The molecule has 1 aliphatic carbocycles. The van der Waals surface area contributed by atoms with Crippen LogP contribution in [-0.4, -0.2) is 58.8 Å². The van der Waals surface area contributed by atoms with Gasteiger partial charge in [-0.2, -0.15) is 24.9 Å². The maximum atomic E-state index is 12.4. The number of amides is 2. The Labute approximate surface area is 125 Å². The Morgan fingerprint density at radius 2 is 1.86 bits per heavy atom. The highest BCUT2D eigenvalue weighted by Gasteiger charge is 2.34. The summed E-state index contributed by atoms with van der Waals surface area (Å²) in [6.07, 6.45) is 0.563. The van der Waals surface area contributed by atoms with Crippen LogP contribution in [0.2, 0.25) is 0 Å². The maximum absolute atomic E-state index is 12.4. The lowest BCUT2D eigenvalue weighted by Crippen LogP contribution is -2.50. The van der Waals surface area contributed by atoms with Crippen molar-refractivity contribution in [2.75, 3.05) is 19.3 Å². The fraction of sp³-hybridized carbons (Fsp3) is 0.833. The average molecular weight is 328 g/mol. The first-order chi connectivity index (χ1) is 9.71. The molecule has 1 aliphatic rings. The molecule has 122 valence electrons. The van der Waals surface area contributed by atoms with Crippen LogP contribution in [0.4, 0.5) is 18.0 Å². The molecule has 0 aliphatic heterocycles. The number of carbonyl (C=O) groups is 2. The summed E-state index contributed by atoms with van der Waals surface area (Å²) in [5, 5.41) is 11.6. The first-order valence-electron chi connectivity index (χ1n) is 6.58. The second kappa shape index (κ2) is 7.77. The van der Waals surface area contributed by atoms with Crippen molar-refractivity contribution in [3.8, 4) is 0 Å². The Balaban J connectivity index is 2.54. The van der Waals surface area contributed by atoms with Crippen molar-refractivity contribution >= 4 is 23.8 Å². The molecule has 0 saturated heterocycles. The summed E-state index contributed by atoms with van der Waals surface area (Å²) < 4.78 is 37.1. The summed E-state index contributed by atoms with van der Waals surface area (Å²) in [6, 6.07) is -1.16. The van der Waals surface area contributed by atoms with Gasteiger partial charge < -0.3 is 15.3 Å². The summed E-state index contributed by atoms with van der Waals surface area (Å²) in [5.74, 6) is -1.47. The third kappa shape index (κ3) is 6.92. The minimum Gasteiger partial charge on any atom is -0.480 e. The number of halogens is 3. The van der Waals surface area contributed by atoms with Gasteiger partial charge in [0, 0.05) is 11.3 Å². The van der Waals surface area contributed by atoms with E-state index in [-0.39, 0.29) is 10.9 Å². The molecule has 21 heavy (non-hydrogen) atoms. The molecule has 5 nitrogen and oxygen atoms in total. The van der Waals surface area contributed by atoms with Gasteiger partial charge in [-0.25, -0.2) is 4.79 Å². The molecule has 1 saturated carbocycles. The Bertz CT molecular complexity index is 371. The topological polar surface area (TPSA) is 69.6 Å². The van der Waals surface area contributed by atoms with E-state index in [1.54, 1.807) is 11.8 Å². The molecule has 2 amide bonds. The highest BCUT2D eigenvalue weighted by molar-refractivity contribution is 7.99. The molecule has 0 bridgehead atoms. The molecule has 0 atom stereocenters. The molecule has 9 heteroatoms. The van der Waals surface area contributed by atoms with E-state index < -0.39 is 31.3 Å². The van der Waals surface area contributed by atoms with E-state index >= 15 is 0 Å². The van der Waals surface area contributed by atoms with Gasteiger partial charge in [-0.15, -0.1) is 0 Å². The van der Waals surface area contributed by atoms with Gasteiger partial charge in [0.15, 0.2) is 0 Å². The van der Waals surface area contributed by atoms with E-state index in [2.05, 4.69) is 5.32 Å². The zero-order chi connectivity index (χ0) is 16.0. The number of hydrogen-bond acceptors (Lipinski definition) is 3. The molecular weight excluding hydrogens is 309 g/mol. The number of alkyl halides is 3. The molecular formula is C12H19F3N2O3S. The number of nitrogens with one attached hydrogen (secondary N) is 1. The summed E-state index contributed by atoms with van der Waals surface area (Å²) in [5.41, 5.74) is 0. The van der Waals surface area contributed by atoms with E-state index in [0.29, 0.717) is 18.1 Å². The van der Waals surface area contributed by atoms with Gasteiger partial charge in [0.1, 0.15) is 13.1 Å². The van der Waals surface area contributed by atoms with Gasteiger partial charge in [0.2, 0.25) is 0 Å². The first kappa shape index (κ1) is 17.9. The second-order valence-corrected chi connectivity index (χ2v) is 6.16. The van der Waals surface area contributed by atoms with Gasteiger partial charge >= 0.3 is 18.2 Å². The summed E-state index contributed by atoms with van der Waals surface area (Å²) in [4.78, 5) is 22.7. The minimum absolute atomic E-state index is 0.189. The van der Waals surface area contributed by atoms with Gasteiger partial charge in [0.25, 0.3) is 0 Å². The summed E-state index contributed by atoms with van der Waals surface area (Å²) in [7, 11) is 0. The number of urea groups is 1. The number of thioether (sulfide) groups is 1. The highest BCUT2D eigenvalue weighted by atomic mass is 32.2. The second-order valence-electron chi connectivity index (χ2n) is 5.02. The Hall–Kier alpha value is -1.12. The molecule has 0 aromatic rings. The van der Waals surface area contributed by atoms with Crippen molar-refractivity contribution in [2.24, 2.45) is 0 Å². The predicted octanol–water partition coefficient (Wildman–Crippen LogP) is 2.32. The first-order valence-corrected chi connectivity index (χ1v) is 7.87. The minimum atomic E-state index is -4.62. The molecule has 0 aromatic heterocycles. The fourth-order valence-electron chi connectivity index (χ4n) is 2.29. The normalized spacial score (nSPS) is 22.7. The van der Waals surface area contributed by atoms with Crippen molar-refractivity contribution in [1.82, 2.24) is 10.2 Å². The van der Waals surface area contributed by atoms with Gasteiger partial charge in [-0.05, 0) is 31.9 Å². The number of rotatable bonds is 5. The van der Waals surface area contributed by atoms with Crippen LogP contribution in [0.3, 0.4) is 0 Å². The van der Waals surface area contributed by atoms with E-state index in [1.165, 1.54) is 0 Å². The smallest absolute Gasteiger partial charge is 0.406 e. The number of hydrogen-bond donors (Lipinski definition) is 2. The third-order valence-electron chi connectivity index (χ3n) is 3.32. The average Bonchev–Trinajstić information content (AvgIpc) is 2.36. The summed E-state index contributed by atoms with van der Waals surface area (Å²) in [6.45, 7) is -2.53. The Kier molecular flexibility index (Phi) is 6.63. The quantitative estimate of drug-likeness (QED) is 0.813. The molecule has 0 spiro atoms. The maximum Gasteiger partial charge on any atom is 0.406 e. The Morgan fingerprint density at radius 1 is 1.29 bits per heavy atom. The fourth-order valence-corrected chi connectivity index (χ4v) is 3.03. The number of carboxylic acids is 1. The predicted molar refractivity (Wildman–Crippen MR) is 73.4 cm³/mol. The SMILES string of the molecule is CSC1CCC(NC(=O)N(CC(=O)O)CC(F)(F)F)CC1. The van der Waals surface area contributed by atoms with E-state index in [4.69, 9.17) is 5.11 Å². The van der Waals surface area contributed by atoms with Crippen molar-refractivity contribution in [1.29, 1.82) is 0 Å². The van der Waals surface area contributed by atoms with E-state index in [1.807, 2.05) is 6.26 Å². The van der Waals surface area contributed by atoms with Crippen LogP contribution >= 0.6 is 11.8 Å². The van der Waals surface area contributed by atoms with Crippen LogP contribution in [0.1, 0.15) is 25.7 Å². The van der Waals surface area contributed by atoms with Crippen LogP contribution in [0, 0.1) is 0 Å². The highest BCUT2D eigenvalue weighted by Crippen LogP contribution is 2.27. The van der Waals surface area contributed by atoms with Crippen molar-refractivity contribution in [3.63, 3.8) is 0 Å². The zero-order valence-corrected chi connectivity index (χ0v) is 12.5. The number of nitrogens with zero attached hydrogens (tertiary/aromatic N) is 1. The molecule has 1 rings (SSSR count). The monoisotopic (exact) mass is 328 g/mol. The van der Waals surface area contributed by atoms with Gasteiger partial charge in [-0.3, -0.25) is 4.79 Å². The standard InChI is InChI=1S/C12H19F3N2O3S/c1-21-9-4-2-8(3-5-9)16-11(20)17(6-10(18)19)7-12(13,14)15/h8-9H,2-7H2,1H3,(H,16,20)(H,18,19). The molecule has 0 heterocycles. The van der Waals surface area contributed by atoms with Crippen LogP contribution < -0.4 is 5.32 Å². The Morgan fingerprint density at radius 3 is 2.29 bits per heavy atom. The van der Waals surface area contributed by atoms with E-state index in [0.717, 1.165) is 12.8 Å². The lowest BCUT2D eigenvalue weighted by molar-refractivity contribution is -0.149. The van der Waals surface area contributed by atoms with Gasteiger partial charge in [0.05, 0.1) is 0 Å². The number of aliphatic carboxylic acids is 1. The van der Waals surface area contributed by atoms with Crippen molar-refractivity contribution in [2.45, 2.75) is 43.2 Å². The molecule has 0 unspecified atom stereocenters. The lowest BCUT2D eigenvalue weighted by atomic mass is 9.95. The van der Waals surface area contributed by atoms with Crippen LogP contribution in [-0.2, 0) is 4.79 Å². The third-order valence-corrected chi connectivity index (χ3v) is 4.46. The van der Waals surface area contributed by atoms with Crippen LogP contribution in [0.25, 0.3) is 0 Å². The zero-order valence-electron chi connectivity index (χ0n) is 11.7. The molecule has 1 fully saturated rings. The van der Waals surface area contributed by atoms with E-state index in [9.17, 15) is 22.8 Å². The van der Waals surface area contributed by atoms with Crippen molar-refractivity contribution in [3.05, 3.63) is 0 Å². The molecule has 0 aromatic carbocycles. The number of carboxylic acid groups (broad SMARTS) is 1. The van der Waals surface area contributed by atoms with Crippen LogP contribution in [0.5, 0.6) is 0 Å². The molecule has 0 radical (unpaired) electrons. The summed E-state index contributed by atoms with van der Waals surface area (Å²) >= 11 is 1.74. The number of carbonyl (C=O) groups excluding carboxylic acids is 1. The van der Waals surface area contributed by atoms with Crippen molar-refractivity contribution < 1.29 is 27.9 Å². The van der Waals surface area contributed by atoms with Gasteiger partial charge in [-0.1, -0.05) is 0 Å². The largest absolute Gasteiger partial charge is 0.480 e. The molecule has 2 N–H and O–H groups in total. The lowest BCUT2D eigenvalue weighted by Gasteiger charge is -2.30. The van der Waals surface area contributed by atoms with Crippen LogP contribution in [0.15, 0.2) is 0 Å².